The van der Waals surface area contributed by atoms with Gasteiger partial charge in [0.15, 0.2) is 21.3 Å². The van der Waals surface area contributed by atoms with Crippen molar-refractivity contribution in [3.63, 3.8) is 0 Å². The number of carbonyl (C=O) groups is 1. The molecule has 2 aromatic heterocycles. The quantitative estimate of drug-likeness (QED) is 0.760. The molecule has 0 amide bonds. The molecule has 2 aromatic rings. The van der Waals surface area contributed by atoms with Gasteiger partial charge >= 0.3 is 5.97 Å². The van der Waals surface area contributed by atoms with Crippen molar-refractivity contribution in [2.75, 3.05) is 12.9 Å². The van der Waals surface area contributed by atoms with E-state index in [1.165, 1.54) is 11.6 Å². The second-order valence-corrected chi connectivity index (χ2v) is 6.95. The minimum Gasteiger partial charge on any atom is -0.465 e. The molecule has 106 valence electrons. The molecule has 20 heavy (non-hydrogen) atoms. The molecule has 1 saturated heterocycles. The summed E-state index contributed by atoms with van der Waals surface area (Å²) in [7, 11) is -1.90. The van der Waals surface area contributed by atoms with E-state index in [9.17, 15) is 13.2 Å². The van der Waals surface area contributed by atoms with E-state index in [2.05, 4.69) is 14.8 Å². The first-order valence-corrected chi connectivity index (χ1v) is 7.89. The third-order valence-corrected chi connectivity index (χ3v) is 5.57. The number of fused-ring (bicyclic) bond motifs is 1. The van der Waals surface area contributed by atoms with Gasteiger partial charge in [0.2, 0.25) is 0 Å². The highest BCUT2D eigenvalue weighted by molar-refractivity contribution is 7.91. The number of rotatable bonds is 2. The summed E-state index contributed by atoms with van der Waals surface area (Å²) in [6.45, 7) is 0. The van der Waals surface area contributed by atoms with Gasteiger partial charge < -0.3 is 4.74 Å². The maximum atomic E-state index is 11.9. The molecule has 1 aliphatic heterocycles. The zero-order valence-corrected chi connectivity index (χ0v) is 11.6. The zero-order chi connectivity index (χ0) is 14.3. The van der Waals surface area contributed by atoms with E-state index < -0.39 is 21.1 Å². The van der Waals surface area contributed by atoms with E-state index in [-0.39, 0.29) is 17.1 Å². The molecule has 3 rings (SSSR count). The van der Waals surface area contributed by atoms with Gasteiger partial charge in [0.1, 0.15) is 10.8 Å². The molecule has 0 saturated carbocycles. The molecular weight excluding hydrogens is 282 g/mol. The number of aromatic nitrogens is 3. The van der Waals surface area contributed by atoms with Crippen LogP contribution < -0.4 is 0 Å². The Kier molecular flexibility index (Phi) is 2.97. The fraction of sp³-hybridized carbons (Fsp3) is 0.417. The van der Waals surface area contributed by atoms with Gasteiger partial charge in [-0.25, -0.2) is 22.7 Å². The van der Waals surface area contributed by atoms with Crippen molar-refractivity contribution < 1.29 is 17.9 Å². The predicted molar refractivity (Wildman–Crippen MR) is 70.1 cm³/mol. The third kappa shape index (κ3) is 1.96. The Bertz CT molecular complexity index is 781. The Labute approximate surface area is 115 Å². The standard InChI is InChI=1S/C12H13N3O4S/c1-19-12(16)8-4-2-6-15-11(8)13-10(14-15)9-5-3-7-20(9,17)18/h2,4,6,9H,3,5,7H2,1H3. The van der Waals surface area contributed by atoms with Gasteiger partial charge in [-0.05, 0) is 25.0 Å². The lowest BCUT2D eigenvalue weighted by molar-refractivity contribution is 0.0602. The highest BCUT2D eigenvalue weighted by Crippen LogP contribution is 2.33. The van der Waals surface area contributed by atoms with Gasteiger partial charge in [0.25, 0.3) is 0 Å². The van der Waals surface area contributed by atoms with Crippen molar-refractivity contribution in [1.29, 1.82) is 0 Å². The average molecular weight is 295 g/mol. The minimum absolute atomic E-state index is 0.164. The average Bonchev–Trinajstić information content (AvgIpc) is 2.99. The fourth-order valence-corrected chi connectivity index (χ4v) is 4.21. The van der Waals surface area contributed by atoms with Crippen LogP contribution in [0.15, 0.2) is 18.3 Å². The first-order chi connectivity index (χ1) is 9.53. The normalized spacial score (nSPS) is 21.1. The predicted octanol–water partition coefficient (Wildman–Crippen LogP) is 0.766. The Morgan fingerprint density at radius 1 is 1.50 bits per heavy atom. The number of carbonyl (C=O) groups excluding carboxylic acids is 1. The summed E-state index contributed by atoms with van der Waals surface area (Å²) >= 11 is 0. The molecule has 1 fully saturated rings. The van der Waals surface area contributed by atoms with Gasteiger partial charge in [-0.2, -0.15) is 0 Å². The Morgan fingerprint density at radius 3 is 2.95 bits per heavy atom. The third-order valence-electron chi connectivity index (χ3n) is 3.40. The fourth-order valence-electron chi connectivity index (χ4n) is 2.41. The number of nitrogens with zero attached hydrogens (tertiary/aromatic N) is 3. The summed E-state index contributed by atoms with van der Waals surface area (Å²) < 4.78 is 30.0. The number of esters is 1. The second kappa shape index (κ2) is 4.55. The molecule has 1 aliphatic rings. The monoisotopic (exact) mass is 295 g/mol. The molecule has 0 radical (unpaired) electrons. The zero-order valence-electron chi connectivity index (χ0n) is 10.8. The number of methoxy groups -OCH3 is 1. The highest BCUT2D eigenvalue weighted by Gasteiger charge is 2.36. The highest BCUT2D eigenvalue weighted by atomic mass is 32.2. The van der Waals surface area contributed by atoms with Crippen LogP contribution in [0.5, 0.6) is 0 Å². The van der Waals surface area contributed by atoms with E-state index in [0.29, 0.717) is 18.5 Å². The van der Waals surface area contributed by atoms with E-state index >= 15 is 0 Å². The Hall–Kier alpha value is -1.96. The summed E-state index contributed by atoms with van der Waals surface area (Å²) in [4.78, 5) is 15.9. The summed E-state index contributed by atoms with van der Waals surface area (Å²) in [5, 5.41) is 3.51. The number of ether oxygens (including phenoxy) is 1. The smallest absolute Gasteiger partial charge is 0.341 e. The van der Waals surface area contributed by atoms with Crippen molar-refractivity contribution >= 4 is 21.5 Å². The lowest BCUT2D eigenvalue weighted by Crippen LogP contribution is -2.09. The van der Waals surface area contributed by atoms with E-state index in [1.54, 1.807) is 18.3 Å². The van der Waals surface area contributed by atoms with E-state index in [1.807, 2.05) is 0 Å². The number of hydrogen-bond acceptors (Lipinski definition) is 6. The van der Waals surface area contributed by atoms with Crippen LogP contribution in [0, 0.1) is 0 Å². The topological polar surface area (TPSA) is 90.6 Å². The van der Waals surface area contributed by atoms with E-state index in [4.69, 9.17) is 0 Å². The Morgan fingerprint density at radius 2 is 2.30 bits per heavy atom. The van der Waals surface area contributed by atoms with Crippen LogP contribution >= 0.6 is 0 Å². The second-order valence-electron chi connectivity index (χ2n) is 4.65. The number of sulfone groups is 1. The van der Waals surface area contributed by atoms with Crippen LogP contribution in [0.4, 0.5) is 0 Å². The van der Waals surface area contributed by atoms with E-state index in [0.717, 1.165) is 0 Å². The van der Waals surface area contributed by atoms with Crippen molar-refractivity contribution in [3.05, 3.63) is 29.7 Å². The Balaban J connectivity index is 2.14. The van der Waals surface area contributed by atoms with Gasteiger partial charge in [-0.1, -0.05) is 0 Å². The summed E-state index contributed by atoms with van der Waals surface area (Å²) in [5.74, 6) is -0.112. The van der Waals surface area contributed by atoms with Gasteiger partial charge in [-0.3, -0.25) is 0 Å². The number of hydrogen-bond donors (Lipinski definition) is 0. The van der Waals surface area contributed by atoms with Gasteiger partial charge in [-0.15, -0.1) is 5.10 Å². The molecule has 0 aliphatic carbocycles. The summed E-state index contributed by atoms with van der Waals surface area (Å²) in [6, 6.07) is 3.21. The number of pyridine rings is 1. The largest absolute Gasteiger partial charge is 0.465 e. The molecule has 0 spiro atoms. The maximum Gasteiger partial charge on any atom is 0.341 e. The van der Waals surface area contributed by atoms with Crippen LogP contribution in [0.2, 0.25) is 0 Å². The summed E-state index contributed by atoms with van der Waals surface area (Å²) in [6.07, 6.45) is 2.76. The van der Waals surface area contributed by atoms with Gasteiger partial charge in [0, 0.05) is 6.20 Å². The first-order valence-electron chi connectivity index (χ1n) is 6.18. The van der Waals surface area contributed by atoms with Crippen molar-refractivity contribution in [1.82, 2.24) is 14.6 Å². The first kappa shape index (κ1) is 13.0. The van der Waals surface area contributed by atoms with Crippen molar-refractivity contribution in [2.45, 2.75) is 18.1 Å². The molecule has 1 atom stereocenters. The van der Waals surface area contributed by atoms with Crippen molar-refractivity contribution in [2.24, 2.45) is 0 Å². The molecule has 0 N–H and O–H groups in total. The molecule has 0 aromatic carbocycles. The molecular formula is C12H13N3O4S. The molecule has 7 nitrogen and oxygen atoms in total. The maximum absolute atomic E-state index is 11.9. The van der Waals surface area contributed by atoms with Crippen molar-refractivity contribution in [3.8, 4) is 0 Å². The lowest BCUT2D eigenvalue weighted by Gasteiger charge is -2.02. The molecule has 1 unspecified atom stereocenters. The molecule has 8 heteroatoms. The molecule has 0 bridgehead atoms. The van der Waals surface area contributed by atoms with Crippen LogP contribution in [0.25, 0.3) is 5.65 Å². The van der Waals surface area contributed by atoms with Crippen LogP contribution in [-0.4, -0.2) is 41.8 Å². The van der Waals surface area contributed by atoms with Crippen LogP contribution in [0.1, 0.15) is 34.3 Å². The lowest BCUT2D eigenvalue weighted by atomic mass is 10.2. The molecule has 3 heterocycles. The summed E-state index contributed by atoms with van der Waals surface area (Å²) in [5.41, 5.74) is 0.584. The van der Waals surface area contributed by atoms with Crippen LogP contribution in [0.3, 0.4) is 0 Å². The van der Waals surface area contributed by atoms with Gasteiger partial charge in [0.05, 0.1) is 12.9 Å². The SMILES string of the molecule is COC(=O)c1cccn2nc(C3CCCS3(=O)=O)nc12. The van der Waals surface area contributed by atoms with Crippen LogP contribution in [-0.2, 0) is 14.6 Å². The minimum atomic E-state index is -3.18.